The third-order valence-corrected chi connectivity index (χ3v) is 5.96. The first-order valence-corrected chi connectivity index (χ1v) is 9.60. The molecule has 0 aliphatic heterocycles. The van der Waals surface area contributed by atoms with Crippen molar-refractivity contribution in [2.24, 2.45) is 7.05 Å². The van der Waals surface area contributed by atoms with Gasteiger partial charge in [0, 0.05) is 39.5 Å². The summed E-state index contributed by atoms with van der Waals surface area (Å²) in [4.78, 5) is 0. The van der Waals surface area contributed by atoms with Crippen LogP contribution in [0.2, 0.25) is 0 Å². The van der Waals surface area contributed by atoms with E-state index >= 15 is 0 Å². The molecule has 2 heteroatoms. The molecule has 0 bridgehead atoms. The molecule has 0 N–H and O–H groups in total. The predicted molar refractivity (Wildman–Crippen MR) is 115 cm³/mol. The molecule has 3 aromatic carbocycles. The minimum absolute atomic E-state index is 1.14. The summed E-state index contributed by atoms with van der Waals surface area (Å²) in [6.07, 6.45) is 7.03. The minimum atomic E-state index is 1.14. The summed E-state index contributed by atoms with van der Waals surface area (Å²) >= 11 is 0. The number of fused-ring (bicyclic) bond motifs is 6. The molecule has 2 heterocycles. The monoisotopic (exact) mass is 348 g/mol. The fourth-order valence-corrected chi connectivity index (χ4v) is 4.72. The highest BCUT2D eigenvalue weighted by Crippen LogP contribution is 2.32. The lowest BCUT2D eigenvalue weighted by molar-refractivity contribution is 0.909. The second-order valence-corrected chi connectivity index (χ2v) is 7.41. The first kappa shape index (κ1) is 14.9. The number of hydrogen-bond donors (Lipinski definition) is 0. The SMILES string of the molecule is Cn1c2c(c3ccc(-n4c5ccccc5c5ccccc54)cc31)=CCCC=2. The Balaban J connectivity index is 1.75. The molecule has 0 amide bonds. The lowest BCUT2D eigenvalue weighted by atomic mass is 10.1. The summed E-state index contributed by atoms with van der Waals surface area (Å²) < 4.78 is 4.74. The Morgan fingerprint density at radius 1 is 0.667 bits per heavy atom. The number of para-hydroxylation sites is 2. The van der Waals surface area contributed by atoms with Crippen molar-refractivity contribution in [2.75, 3.05) is 0 Å². The third-order valence-electron chi connectivity index (χ3n) is 5.96. The summed E-state index contributed by atoms with van der Waals surface area (Å²) in [5.41, 5.74) is 5.04. The van der Waals surface area contributed by atoms with Gasteiger partial charge in [-0.15, -0.1) is 0 Å². The van der Waals surface area contributed by atoms with Gasteiger partial charge in [0.05, 0.1) is 16.6 Å². The van der Waals surface area contributed by atoms with Gasteiger partial charge < -0.3 is 9.13 Å². The van der Waals surface area contributed by atoms with Crippen LogP contribution in [0.15, 0.2) is 66.7 Å². The predicted octanol–water partition coefficient (Wildman–Crippen LogP) is 4.63. The van der Waals surface area contributed by atoms with Crippen LogP contribution in [0.4, 0.5) is 0 Å². The average molecular weight is 348 g/mol. The second kappa shape index (κ2) is 5.37. The van der Waals surface area contributed by atoms with Crippen LogP contribution in [0.25, 0.3) is 50.5 Å². The highest BCUT2D eigenvalue weighted by Gasteiger charge is 2.13. The van der Waals surface area contributed by atoms with Gasteiger partial charge in [0.15, 0.2) is 0 Å². The Labute approximate surface area is 157 Å². The van der Waals surface area contributed by atoms with Gasteiger partial charge in [0.2, 0.25) is 0 Å². The number of aromatic nitrogens is 2. The van der Waals surface area contributed by atoms with Crippen LogP contribution < -0.4 is 10.6 Å². The first-order chi connectivity index (χ1) is 13.3. The van der Waals surface area contributed by atoms with Gasteiger partial charge >= 0.3 is 0 Å². The van der Waals surface area contributed by atoms with E-state index in [0.29, 0.717) is 0 Å². The van der Waals surface area contributed by atoms with Crippen LogP contribution in [0.5, 0.6) is 0 Å². The van der Waals surface area contributed by atoms with Crippen molar-refractivity contribution in [3.8, 4) is 5.69 Å². The Kier molecular flexibility index (Phi) is 2.96. The Bertz CT molecular complexity index is 1420. The summed E-state index contributed by atoms with van der Waals surface area (Å²) in [5.74, 6) is 0. The zero-order valence-corrected chi connectivity index (χ0v) is 15.3. The molecule has 0 atom stereocenters. The van der Waals surface area contributed by atoms with Gasteiger partial charge in [-0.3, -0.25) is 0 Å². The van der Waals surface area contributed by atoms with Crippen molar-refractivity contribution in [1.82, 2.24) is 9.13 Å². The fraction of sp³-hybridized carbons (Fsp3) is 0.120. The molecular weight excluding hydrogens is 328 g/mol. The molecule has 6 rings (SSSR count). The van der Waals surface area contributed by atoms with Crippen LogP contribution in [-0.4, -0.2) is 9.13 Å². The molecule has 0 fully saturated rings. The molecule has 0 spiro atoms. The van der Waals surface area contributed by atoms with E-state index in [1.807, 2.05) is 0 Å². The van der Waals surface area contributed by atoms with Gasteiger partial charge in [0.1, 0.15) is 0 Å². The van der Waals surface area contributed by atoms with E-state index in [2.05, 4.69) is 95.1 Å². The van der Waals surface area contributed by atoms with Gasteiger partial charge in [0.25, 0.3) is 0 Å². The second-order valence-electron chi connectivity index (χ2n) is 7.41. The van der Waals surface area contributed by atoms with Crippen molar-refractivity contribution >= 4 is 44.9 Å². The normalized spacial score (nSPS) is 13.7. The molecule has 0 saturated heterocycles. The standard InChI is InChI=1S/C25H20N2/c1-26-22-11-5-2-8-18(22)21-15-14-17(16-25(21)26)27-23-12-6-3-9-19(23)20-10-4-7-13-24(20)27/h3-4,6-16H,2,5H2,1H3. The van der Waals surface area contributed by atoms with Crippen molar-refractivity contribution in [3.63, 3.8) is 0 Å². The number of hydrogen-bond acceptors (Lipinski definition) is 0. The molecule has 0 radical (unpaired) electrons. The largest absolute Gasteiger partial charge is 0.344 e. The molecule has 5 aromatic rings. The molecule has 0 unspecified atom stereocenters. The molecular formula is C25H20N2. The maximum atomic E-state index is 2.39. The lowest BCUT2D eigenvalue weighted by Crippen LogP contribution is -2.29. The number of rotatable bonds is 1. The van der Waals surface area contributed by atoms with E-state index < -0.39 is 0 Å². The van der Waals surface area contributed by atoms with Crippen LogP contribution >= 0.6 is 0 Å². The zero-order chi connectivity index (χ0) is 18.0. The van der Waals surface area contributed by atoms with Crippen LogP contribution in [0.3, 0.4) is 0 Å². The molecule has 2 nitrogen and oxygen atoms in total. The van der Waals surface area contributed by atoms with Gasteiger partial charge in [-0.2, -0.15) is 0 Å². The van der Waals surface area contributed by atoms with Crippen LogP contribution in [0, 0.1) is 0 Å². The van der Waals surface area contributed by atoms with Crippen LogP contribution in [-0.2, 0) is 7.05 Å². The van der Waals surface area contributed by atoms with E-state index in [-0.39, 0.29) is 0 Å². The highest BCUT2D eigenvalue weighted by atomic mass is 15.0. The molecule has 130 valence electrons. The highest BCUT2D eigenvalue weighted by molar-refractivity contribution is 6.09. The van der Waals surface area contributed by atoms with Crippen molar-refractivity contribution in [2.45, 2.75) is 12.8 Å². The maximum absolute atomic E-state index is 2.39. The molecule has 27 heavy (non-hydrogen) atoms. The van der Waals surface area contributed by atoms with E-state index in [4.69, 9.17) is 0 Å². The average Bonchev–Trinajstić information content (AvgIpc) is 3.21. The van der Waals surface area contributed by atoms with E-state index in [0.717, 1.165) is 12.8 Å². The zero-order valence-electron chi connectivity index (χ0n) is 15.3. The van der Waals surface area contributed by atoms with E-state index in [1.165, 1.54) is 49.0 Å². The minimum Gasteiger partial charge on any atom is -0.344 e. The molecule has 0 saturated carbocycles. The van der Waals surface area contributed by atoms with Crippen molar-refractivity contribution in [1.29, 1.82) is 0 Å². The number of benzene rings is 3. The Morgan fingerprint density at radius 2 is 1.33 bits per heavy atom. The third kappa shape index (κ3) is 1.95. The first-order valence-electron chi connectivity index (χ1n) is 9.60. The summed E-state index contributed by atoms with van der Waals surface area (Å²) in [6.45, 7) is 0. The number of aryl methyl sites for hydroxylation is 1. The summed E-state index contributed by atoms with van der Waals surface area (Å²) in [7, 11) is 2.19. The number of nitrogens with zero attached hydrogens (tertiary/aromatic N) is 2. The smallest absolute Gasteiger partial charge is 0.0541 e. The summed E-state index contributed by atoms with van der Waals surface area (Å²) in [5, 5.41) is 6.72. The molecule has 1 aliphatic carbocycles. The van der Waals surface area contributed by atoms with Gasteiger partial charge in [-0.25, -0.2) is 0 Å². The van der Waals surface area contributed by atoms with Gasteiger partial charge in [-0.05, 0) is 37.1 Å². The fourth-order valence-electron chi connectivity index (χ4n) is 4.72. The quantitative estimate of drug-likeness (QED) is 0.418. The van der Waals surface area contributed by atoms with Crippen molar-refractivity contribution in [3.05, 3.63) is 77.3 Å². The maximum Gasteiger partial charge on any atom is 0.0541 e. The lowest BCUT2D eigenvalue weighted by Gasteiger charge is -2.09. The summed E-state index contributed by atoms with van der Waals surface area (Å²) in [6, 6.07) is 24.3. The molecule has 2 aromatic heterocycles. The van der Waals surface area contributed by atoms with Crippen LogP contribution in [0.1, 0.15) is 12.8 Å². The molecule has 1 aliphatic rings. The van der Waals surface area contributed by atoms with E-state index in [9.17, 15) is 0 Å². The Morgan fingerprint density at radius 3 is 2.07 bits per heavy atom. The van der Waals surface area contributed by atoms with Crippen molar-refractivity contribution < 1.29 is 0 Å². The topological polar surface area (TPSA) is 9.86 Å². The van der Waals surface area contributed by atoms with E-state index in [1.54, 1.807) is 0 Å². The van der Waals surface area contributed by atoms with Gasteiger partial charge in [-0.1, -0.05) is 54.6 Å². The Hall–Kier alpha value is -3.26.